The Morgan fingerprint density at radius 3 is 1.73 bits per heavy atom. The summed E-state index contributed by atoms with van der Waals surface area (Å²) in [6.45, 7) is -0.189. The Balaban J connectivity index is 1.72. The van der Waals surface area contributed by atoms with Gasteiger partial charge in [-0.1, -0.05) is 78.9 Å². The highest BCUT2D eigenvalue weighted by Gasteiger charge is 2.24. The molecule has 0 saturated carbocycles. The van der Waals surface area contributed by atoms with Crippen molar-refractivity contribution in [2.75, 3.05) is 6.61 Å². The van der Waals surface area contributed by atoms with Crippen LogP contribution in [0, 0.1) is 0 Å². The molecule has 0 aliphatic heterocycles. The number of nitrogens with one attached hydrogen (secondary N) is 2. The van der Waals surface area contributed by atoms with Gasteiger partial charge in [-0.3, -0.25) is 9.59 Å². The molecule has 154 valence electrons. The van der Waals surface area contributed by atoms with Crippen molar-refractivity contribution in [2.24, 2.45) is 0 Å². The van der Waals surface area contributed by atoms with Crippen LogP contribution in [0.2, 0.25) is 0 Å². The molecule has 5 heteroatoms. The van der Waals surface area contributed by atoms with Crippen LogP contribution in [-0.2, 0) is 17.6 Å². The average molecular weight is 402 g/mol. The summed E-state index contributed by atoms with van der Waals surface area (Å²) in [4.78, 5) is 25.7. The molecule has 2 amide bonds. The quantitative estimate of drug-likeness (QED) is 0.515. The zero-order valence-electron chi connectivity index (χ0n) is 16.7. The van der Waals surface area contributed by atoms with Gasteiger partial charge in [0.2, 0.25) is 5.91 Å². The average Bonchev–Trinajstić information content (AvgIpc) is 2.80. The molecule has 0 aliphatic carbocycles. The Morgan fingerprint density at radius 2 is 1.20 bits per heavy atom. The zero-order valence-corrected chi connectivity index (χ0v) is 16.7. The van der Waals surface area contributed by atoms with E-state index in [2.05, 4.69) is 10.6 Å². The number of hydrogen-bond donors (Lipinski definition) is 3. The third kappa shape index (κ3) is 6.29. The first kappa shape index (κ1) is 21.3. The van der Waals surface area contributed by atoms with Crippen molar-refractivity contribution in [3.8, 4) is 0 Å². The fraction of sp³-hybridized carbons (Fsp3) is 0.200. The van der Waals surface area contributed by atoms with Crippen LogP contribution in [0.1, 0.15) is 21.5 Å². The number of aliphatic hydroxyl groups is 1. The lowest BCUT2D eigenvalue weighted by Gasteiger charge is -2.23. The van der Waals surface area contributed by atoms with E-state index >= 15 is 0 Å². The predicted octanol–water partition coefficient (Wildman–Crippen LogP) is 2.75. The van der Waals surface area contributed by atoms with Gasteiger partial charge in [0.15, 0.2) is 0 Å². The standard InChI is InChI=1S/C25H26N2O3/c28-18-22(16-19-10-4-1-5-11-19)26-25(30)23(17-20-12-6-2-7-13-20)27-24(29)21-14-8-3-9-15-21/h1-15,22-23,28H,16-18H2,(H,26,30)(H,27,29)/t22-,23?/m0/s1. The highest BCUT2D eigenvalue weighted by Crippen LogP contribution is 2.08. The van der Waals surface area contributed by atoms with Crippen molar-refractivity contribution in [3.05, 3.63) is 108 Å². The van der Waals surface area contributed by atoms with Gasteiger partial charge in [-0.25, -0.2) is 0 Å². The van der Waals surface area contributed by atoms with E-state index in [1.54, 1.807) is 24.3 Å². The second-order valence-electron chi connectivity index (χ2n) is 7.16. The van der Waals surface area contributed by atoms with E-state index < -0.39 is 12.1 Å². The van der Waals surface area contributed by atoms with Crippen molar-refractivity contribution in [1.29, 1.82) is 0 Å². The molecule has 0 fully saturated rings. The van der Waals surface area contributed by atoms with Gasteiger partial charge in [-0.05, 0) is 29.7 Å². The summed E-state index contributed by atoms with van der Waals surface area (Å²) in [6, 6.07) is 26.8. The van der Waals surface area contributed by atoms with Crippen LogP contribution in [0.3, 0.4) is 0 Å². The van der Waals surface area contributed by atoms with E-state index in [9.17, 15) is 14.7 Å². The Labute approximate surface area is 176 Å². The van der Waals surface area contributed by atoms with E-state index in [1.807, 2.05) is 66.7 Å². The van der Waals surface area contributed by atoms with Crippen LogP contribution in [0.25, 0.3) is 0 Å². The fourth-order valence-corrected chi connectivity index (χ4v) is 3.25. The maximum absolute atomic E-state index is 13.0. The van der Waals surface area contributed by atoms with Crippen LogP contribution in [0.5, 0.6) is 0 Å². The lowest BCUT2D eigenvalue weighted by molar-refractivity contribution is -0.124. The second-order valence-corrected chi connectivity index (χ2v) is 7.16. The summed E-state index contributed by atoms with van der Waals surface area (Å²) in [5, 5.41) is 15.5. The molecule has 0 heterocycles. The summed E-state index contributed by atoms with van der Waals surface area (Å²) in [7, 11) is 0. The monoisotopic (exact) mass is 402 g/mol. The third-order valence-corrected chi connectivity index (χ3v) is 4.83. The normalized spacial score (nSPS) is 12.6. The molecule has 3 aromatic rings. The predicted molar refractivity (Wildman–Crippen MR) is 117 cm³/mol. The van der Waals surface area contributed by atoms with Gasteiger partial charge in [0, 0.05) is 12.0 Å². The molecule has 1 unspecified atom stereocenters. The van der Waals surface area contributed by atoms with E-state index in [1.165, 1.54) is 0 Å². The number of amides is 2. The number of rotatable bonds is 9. The van der Waals surface area contributed by atoms with Gasteiger partial charge < -0.3 is 15.7 Å². The molecule has 0 radical (unpaired) electrons. The summed E-state index contributed by atoms with van der Waals surface area (Å²) < 4.78 is 0. The molecule has 5 nitrogen and oxygen atoms in total. The highest BCUT2D eigenvalue weighted by atomic mass is 16.3. The van der Waals surface area contributed by atoms with Gasteiger partial charge in [0.25, 0.3) is 5.91 Å². The minimum absolute atomic E-state index is 0.189. The van der Waals surface area contributed by atoms with Gasteiger partial charge in [-0.2, -0.15) is 0 Å². The molecular formula is C25H26N2O3. The minimum Gasteiger partial charge on any atom is -0.394 e. The molecule has 2 atom stereocenters. The Hall–Kier alpha value is -3.44. The third-order valence-electron chi connectivity index (χ3n) is 4.83. The molecule has 30 heavy (non-hydrogen) atoms. The summed E-state index contributed by atoms with van der Waals surface area (Å²) >= 11 is 0. The SMILES string of the molecule is O=C(NC(Cc1ccccc1)C(=O)N[C@H](CO)Cc1ccccc1)c1ccccc1. The number of carbonyl (C=O) groups is 2. The van der Waals surface area contributed by atoms with E-state index in [0.29, 0.717) is 18.4 Å². The maximum atomic E-state index is 13.0. The van der Waals surface area contributed by atoms with Gasteiger partial charge in [0.1, 0.15) is 6.04 Å². The van der Waals surface area contributed by atoms with Crippen molar-refractivity contribution < 1.29 is 14.7 Å². The van der Waals surface area contributed by atoms with Crippen LogP contribution in [-0.4, -0.2) is 35.6 Å². The summed E-state index contributed by atoms with van der Waals surface area (Å²) in [5.41, 5.74) is 2.45. The van der Waals surface area contributed by atoms with Gasteiger partial charge in [-0.15, -0.1) is 0 Å². The minimum atomic E-state index is -0.759. The van der Waals surface area contributed by atoms with Crippen LogP contribution in [0.15, 0.2) is 91.0 Å². The molecule has 3 aromatic carbocycles. The Kier molecular flexibility index (Phi) is 7.75. The number of carbonyl (C=O) groups excluding carboxylic acids is 2. The van der Waals surface area contributed by atoms with E-state index in [4.69, 9.17) is 0 Å². The van der Waals surface area contributed by atoms with Crippen LogP contribution in [0.4, 0.5) is 0 Å². The number of aliphatic hydroxyl groups excluding tert-OH is 1. The van der Waals surface area contributed by atoms with Crippen LogP contribution >= 0.6 is 0 Å². The molecule has 0 bridgehead atoms. The van der Waals surface area contributed by atoms with E-state index in [0.717, 1.165) is 11.1 Å². The number of benzene rings is 3. The fourth-order valence-electron chi connectivity index (χ4n) is 3.25. The summed E-state index contributed by atoms with van der Waals surface area (Å²) in [5.74, 6) is -0.631. The first-order valence-electron chi connectivity index (χ1n) is 10.0. The van der Waals surface area contributed by atoms with Crippen molar-refractivity contribution in [3.63, 3.8) is 0 Å². The Morgan fingerprint density at radius 1 is 0.700 bits per heavy atom. The Bertz CT molecular complexity index is 930. The molecule has 0 spiro atoms. The topological polar surface area (TPSA) is 78.4 Å². The first-order valence-corrected chi connectivity index (χ1v) is 10.0. The summed E-state index contributed by atoms with van der Waals surface area (Å²) in [6.07, 6.45) is 0.864. The lowest BCUT2D eigenvalue weighted by atomic mass is 10.0. The molecule has 3 rings (SSSR count). The maximum Gasteiger partial charge on any atom is 0.251 e. The zero-order chi connectivity index (χ0) is 21.2. The van der Waals surface area contributed by atoms with Crippen molar-refractivity contribution in [1.82, 2.24) is 10.6 Å². The largest absolute Gasteiger partial charge is 0.394 e. The second kappa shape index (κ2) is 10.9. The van der Waals surface area contributed by atoms with Crippen molar-refractivity contribution in [2.45, 2.75) is 24.9 Å². The van der Waals surface area contributed by atoms with Crippen LogP contribution < -0.4 is 10.6 Å². The highest BCUT2D eigenvalue weighted by molar-refractivity contribution is 5.97. The smallest absolute Gasteiger partial charge is 0.251 e. The molecule has 0 saturated heterocycles. The molecule has 0 aromatic heterocycles. The number of hydrogen-bond acceptors (Lipinski definition) is 3. The molecule has 0 aliphatic rings. The lowest BCUT2D eigenvalue weighted by Crippen LogP contribution is -2.52. The molecule has 3 N–H and O–H groups in total. The van der Waals surface area contributed by atoms with Gasteiger partial charge in [0.05, 0.1) is 12.6 Å². The molecular weight excluding hydrogens is 376 g/mol. The van der Waals surface area contributed by atoms with Crippen molar-refractivity contribution >= 4 is 11.8 Å². The van der Waals surface area contributed by atoms with Gasteiger partial charge >= 0.3 is 0 Å². The van der Waals surface area contributed by atoms with E-state index in [-0.39, 0.29) is 18.4 Å². The first-order chi connectivity index (χ1) is 14.7.